The Balaban J connectivity index is 2.26. The van der Waals surface area contributed by atoms with Crippen molar-refractivity contribution in [2.75, 3.05) is 19.6 Å². The second-order valence-electron chi connectivity index (χ2n) is 5.64. The first-order chi connectivity index (χ1) is 8.13. The summed E-state index contributed by atoms with van der Waals surface area (Å²) in [6.07, 6.45) is 6.34. The van der Waals surface area contributed by atoms with Crippen LogP contribution in [0.3, 0.4) is 0 Å². The van der Waals surface area contributed by atoms with Crippen molar-refractivity contribution in [1.82, 2.24) is 4.90 Å². The number of hydrogen-bond donors (Lipinski definition) is 1. The van der Waals surface area contributed by atoms with Crippen LogP contribution in [0.25, 0.3) is 0 Å². The molecule has 0 saturated carbocycles. The Morgan fingerprint density at radius 1 is 1.35 bits per heavy atom. The molecule has 1 saturated heterocycles. The van der Waals surface area contributed by atoms with Gasteiger partial charge in [0.2, 0.25) is 5.91 Å². The molecule has 1 fully saturated rings. The van der Waals surface area contributed by atoms with Crippen LogP contribution in [0.1, 0.15) is 52.4 Å². The normalized spacial score (nSPS) is 23.2. The van der Waals surface area contributed by atoms with Crippen LogP contribution in [0.5, 0.6) is 0 Å². The van der Waals surface area contributed by atoms with Crippen molar-refractivity contribution in [2.45, 2.75) is 52.4 Å². The fourth-order valence-corrected chi connectivity index (χ4v) is 2.47. The predicted molar refractivity (Wildman–Crippen MR) is 71.7 cm³/mol. The van der Waals surface area contributed by atoms with Crippen molar-refractivity contribution >= 4 is 5.91 Å². The Morgan fingerprint density at radius 3 is 2.82 bits per heavy atom. The van der Waals surface area contributed by atoms with E-state index in [1.807, 2.05) is 0 Å². The number of nitrogens with zero attached hydrogens (tertiary/aromatic N) is 1. The largest absolute Gasteiger partial charge is 0.343 e. The maximum atomic E-state index is 12.1. The van der Waals surface area contributed by atoms with Crippen molar-refractivity contribution in [3.8, 4) is 0 Å². The molecule has 3 heteroatoms. The summed E-state index contributed by atoms with van der Waals surface area (Å²) in [5, 5.41) is 0. The summed E-state index contributed by atoms with van der Waals surface area (Å²) in [7, 11) is 0. The van der Waals surface area contributed by atoms with Gasteiger partial charge < -0.3 is 10.6 Å². The fourth-order valence-electron chi connectivity index (χ4n) is 2.47. The van der Waals surface area contributed by atoms with E-state index in [2.05, 4.69) is 18.7 Å². The van der Waals surface area contributed by atoms with Gasteiger partial charge in [0, 0.05) is 19.5 Å². The molecular formula is C14H28N2O. The molecule has 2 atom stereocenters. The van der Waals surface area contributed by atoms with E-state index in [4.69, 9.17) is 5.73 Å². The van der Waals surface area contributed by atoms with Gasteiger partial charge in [-0.3, -0.25) is 4.79 Å². The van der Waals surface area contributed by atoms with Gasteiger partial charge >= 0.3 is 0 Å². The van der Waals surface area contributed by atoms with Gasteiger partial charge in [-0.05, 0) is 50.5 Å². The summed E-state index contributed by atoms with van der Waals surface area (Å²) < 4.78 is 0. The molecule has 0 spiro atoms. The van der Waals surface area contributed by atoms with Crippen LogP contribution in [0, 0.1) is 11.8 Å². The number of carbonyl (C=O) groups is 1. The van der Waals surface area contributed by atoms with E-state index in [9.17, 15) is 4.79 Å². The molecule has 0 aromatic rings. The van der Waals surface area contributed by atoms with Gasteiger partial charge in [0.25, 0.3) is 0 Å². The molecule has 1 aliphatic rings. The van der Waals surface area contributed by atoms with Crippen LogP contribution >= 0.6 is 0 Å². The van der Waals surface area contributed by atoms with E-state index in [0.717, 1.165) is 38.4 Å². The molecule has 1 rings (SSSR count). The molecule has 2 N–H and O–H groups in total. The highest BCUT2D eigenvalue weighted by atomic mass is 16.2. The van der Waals surface area contributed by atoms with Crippen molar-refractivity contribution in [1.29, 1.82) is 0 Å². The lowest BCUT2D eigenvalue weighted by Gasteiger charge is -2.21. The van der Waals surface area contributed by atoms with Crippen LogP contribution in [0.4, 0.5) is 0 Å². The zero-order valence-corrected chi connectivity index (χ0v) is 11.5. The number of nitrogens with two attached hydrogens (primary N) is 1. The molecule has 0 aromatic carbocycles. The molecule has 0 bridgehead atoms. The Kier molecular flexibility index (Phi) is 6.56. The fraction of sp³-hybridized carbons (Fsp3) is 0.929. The van der Waals surface area contributed by atoms with Crippen molar-refractivity contribution in [3.63, 3.8) is 0 Å². The lowest BCUT2D eigenvalue weighted by molar-refractivity contribution is -0.131. The van der Waals surface area contributed by atoms with Crippen LogP contribution in [0.15, 0.2) is 0 Å². The third kappa shape index (κ3) is 5.53. The molecule has 1 aliphatic heterocycles. The highest BCUT2D eigenvalue weighted by molar-refractivity contribution is 5.76. The number of amides is 1. The van der Waals surface area contributed by atoms with Crippen molar-refractivity contribution in [2.24, 2.45) is 17.6 Å². The van der Waals surface area contributed by atoms with Crippen LogP contribution in [-0.2, 0) is 4.79 Å². The minimum Gasteiger partial charge on any atom is -0.343 e. The van der Waals surface area contributed by atoms with E-state index >= 15 is 0 Å². The maximum absolute atomic E-state index is 12.1. The van der Waals surface area contributed by atoms with E-state index < -0.39 is 0 Å². The molecule has 1 heterocycles. The number of rotatable bonds is 5. The van der Waals surface area contributed by atoms with E-state index in [1.54, 1.807) is 0 Å². The SMILES string of the molecule is CC(CCN)CCC(=O)N1CCCC(C)CC1. The monoisotopic (exact) mass is 240 g/mol. The van der Waals surface area contributed by atoms with Gasteiger partial charge in [-0.15, -0.1) is 0 Å². The van der Waals surface area contributed by atoms with E-state index in [-0.39, 0.29) is 0 Å². The predicted octanol–water partition coefficient (Wildman–Crippen LogP) is 2.40. The minimum atomic E-state index is 0.350. The van der Waals surface area contributed by atoms with Gasteiger partial charge in [0.1, 0.15) is 0 Å². The summed E-state index contributed by atoms with van der Waals surface area (Å²) >= 11 is 0. The Hall–Kier alpha value is -0.570. The van der Waals surface area contributed by atoms with Crippen LogP contribution < -0.4 is 5.73 Å². The van der Waals surface area contributed by atoms with E-state index in [1.165, 1.54) is 19.3 Å². The lowest BCUT2D eigenvalue weighted by Crippen LogP contribution is -2.32. The second-order valence-corrected chi connectivity index (χ2v) is 5.64. The third-order valence-corrected chi connectivity index (χ3v) is 3.88. The van der Waals surface area contributed by atoms with Gasteiger partial charge in [0.15, 0.2) is 0 Å². The van der Waals surface area contributed by atoms with Crippen LogP contribution in [-0.4, -0.2) is 30.4 Å². The zero-order chi connectivity index (χ0) is 12.7. The van der Waals surface area contributed by atoms with Gasteiger partial charge in [0.05, 0.1) is 0 Å². The lowest BCUT2D eigenvalue weighted by atomic mass is 10.0. The summed E-state index contributed by atoms with van der Waals surface area (Å²) in [6, 6.07) is 0. The molecular weight excluding hydrogens is 212 g/mol. The topological polar surface area (TPSA) is 46.3 Å². The molecule has 2 unspecified atom stereocenters. The highest BCUT2D eigenvalue weighted by Gasteiger charge is 2.18. The Bertz CT molecular complexity index is 230. The van der Waals surface area contributed by atoms with E-state index in [0.29, 0.717) is 18.2 Å². The molecule has 1 amide bonds. The zero-order valence-electron chi connectivity index (χ0n) is 11.5. The summed E-state index contributed by atoms with van der Waals surface area (Å²) in [6.45, 7) is 7.14. The first kappa shape index (κ1) is 14.5. The number of hydrogen-bond acceptors (Lipinski definition) is 2. The molecule has 0 aliphatic carbocycles. The summed E-state index contributed by atoms with van der Waals surface area (Å²) in [5.74, 6) is 1.71. The summed E-state index contributed by atoms with van der Waals surface area (Å²) in [4.78, 5) is 14.1. The standard InChI is InChI=1S/C14H28N2O/c1-12-4-3-10-16(11-8-12)14(17)6-5-13(2)7-9-15/h12-13H,3-11,15H2,1-2H3. The van der Waals surface area contributed by atoms with Crippen LogP contribution in [0.2, 0.25) is 0 Å². The molecule has 3 nitrogen and oxygen atoms in total. The van der Waals surface area contributed by atoms with Crippen molar-refractivity contribution < 1.29 is 4.79 Å². The average molecular weight is 240 g/mol. The van der Waals surface area contributed by atoms with Gasteiger partial charge in [-0.1, -0.05) is 13.8 Å². The Labute approximate surface area is 106 Å². The Morgan fingerprint density at radius 2 is 2.12 bits per heavy atom. The van der Waals surface area contributed by atoms with Gasteiger partial charge in [-0.25, -0.2) is 0 Å². The summed E-state index contributed by atoms with van der Waals surface area (Å²) in [5.41, 5.74) is 5.52. The highest BCUT2D eigenvalue weighted by Crippen LogP contribution is 2.18. The third-order valence-electron chi connectivity index (χ3n) is 3.88. The molecule has 0 aromatic heterocycles. The first-order valence-corrected chi connectivity index (χ1v) is 7.11. The molecule has 17 heavy (non-hydrogen) atoms. The molecule has 0 radical (unpaired) electrons. The first-order valence-electron chi connectivity index (χ1n) is 7.11. The quantitative estimate of drug-likeness (QED) is 0.802. The van der Waals surface area contributed by atoms with Crippen molar-refractivity contribution in [3.05, 3.63) is 0 Å². The second kappa shape index (κ2) is 7.70. The minimum absolute atomic E-state index is 0.350. The average Bonchev–Trinajstić information content (AvgIpc) is 2.51. The van der Waals surface area contributed by atoms with Gasteiger partial charge in [-0.2, -0.15) is 0 Å². The molecule has 100 valence electrons. The number of likely N-dealkylation sites (tertiary alicyclic amines) is 1. The smallest absolute Gasteiger partial charge is 0.222 e. The maximum Gasteiger partial charge on any atom is 0.222 e. The number of carbonyl (C=O) groups excluding carboxylic acids is 1.